The molecule has 28 heavy (non-hydrogen) atoms. The van der Waals surface area contributed by atoms with Crippen molar-refractivity contribution in [2.24, 2.45) is 5.92 Å². The maximum absolute atomic E-state index is 13.4. The molecule has 0 bridgehead atoms. The first-order chi connectivity index (χ1) is 13.7. The molecule has 0 radical (unpaired) electrons. The molecule has 1 aliphatic heterocycles. The summed E-state index contributed by atoms with van der Waals surface area (Å²) in [5.74, 6) is 0.180. The van der Waals surface area contributed by atoms with Crippen molar-refractivity contribution >= 4 is 16.8 Å². The zero-order valence-corrected chi connectivity index (χ0v) is 16.0. The monoisotopic (exact) mass is 374 g/mol. The molecule has 4 heteroatoms. The lowest BCUT2D eigenvalue weighted by Gasteiger charge is -2.52. The van der Waals surface area contributed by atoms with Gasteiger partial charge in [-0.2, -0.15) is 0 Å². The summed E-state index contributed by atoms with van der Waals surface area (Å²) >= 11 is 0. The van der Waals surface area contributed by atoms with Crippen LogP contribution in [0.3, 0.4) is 0 Å². The standard InChI is InChI=1S/C24H26N2O2/c27-23(18-11-10-17-12-14-25-21(17)16-18)26-15-13-24(28,19-6-2-1-3-7-19)20-8-4-5-9-22(20)26/h1-3,6-7,10-12,14,16,20,22,25,28H,4-5,8-9,13,15H2/t20-,22+,24+/m0/s1. The van der Waals surface area contributed by atoms with Crippen molar-refractivity contribution in [1.29, 1.82) is 0 Å². The average molecular weight is 374 g/mol. The van der Waals surface area contributed by atoms with Crippen molar-refractivity contribution in [3.8, 4) is 0 Å². The largest absolute Gasteiger partial charge is 0.385 e. The van der Waals surface area contributed by atoms with E-state index >= 15 is 0 Å². The number of carbonyl (C=O) groups excluding carboxylic acids is 1. The van der Waals surface area contributed by atoms with Crippen LogP contribution in [-0.2, 0) is 5.60 Å². The van der Waals surface area contributed by atoms with Gasteiger partial charge in [-0.05, 0) is 48.4 Å². The predicted molar refractivity (Wildman–Crippen MR) is 110 cm³/mol. The Balaban J connectivity index is 1.47. The second kappa shape index (κ2) is 6.78. The molecule has 1 saturated heterocycles. The molecule has 5 rings (SSSR count). The Bertz CT molecular complexity index is 996. The van der Waals surface area contributed by atoms with E-state index in [2.05, 4.69) is 4.98 Å². The molecular formula is C24H26N2O2. The summed E-state index contributed by atoms with van der Waals surface area (Å²) in [6, 6.07) is 18.0. The number of likely N-dealkylation sites (tertiary alicyclic amines) is 1. The third-order valence-electron chi connectivity index (χ3n) is 6.81. The minimum absolute atomic E-state index is 0.0866. The number of carbonyl (C=O) groups is 1. The SMILES string of the molecule is O=C(c1ccc2cc[nH]c2c1)N1CC[C@@](O)(c2ccccc2)[C@H]2CCCC[C@H]21. The molecule has 0 unspecified atom stereocenters. The fraction of sp³-hybridized carbons (Fsp3) is 0.375. The van der Waals surface area contributed by atoms with E-state index in [0.29, 0.717) is 13.0 Å². The van der Waals surface area contributed by atoms with Gasteiger partial charge in [0.15, 0.2) is 0 Å². The van der Waals surface area contributed by atoms with Crippen LogP contribution in [0.25, 0.3) is 10.9 Å². The van der Waals surface area contributed by atoms with Crippen LogP contribution in [0.15, 0.2) is 60.8 Å². The summed E-state index contributed by atoms with van der Waals surface area (Å²) in [5.41, 5.74) is 1.87. The van der Waals surface area contributed by atoms with Crippen LogP contribution in [0.5, 0.6) is 0 Å². The fourth-order valence-electron chi connectivity index (χ4n) is 5.37. The number of nitrogens with one attached hydrogen (secondary N) is 1. The van der Waals surface area contributed by atoms with Crippen molar-refractivity contribution in [2.45, 2.75) is 43.7 Å². The smallest absolute Gasteiger partial charge is 0.254 e. The van der Waals surface area contributed by atoms with Gasteiger partial charge in [0.05, 0.1) is 5.60 Å². The number of amides is 1. The number of hydrogen-bond donors (Lipinski definition) is 2. The molecule has 1 amide bonds. The van der Waals surface area contributed by atoms with Gasteiger partial charge in [-0.15, -0.1) is 0 Å². The van der Waals surface area contributed by atoms with E-state index in [0.717, 1.165) is 47.7 Å². The Morgan fingerprint density at radius 3 is 2.75 bits per heavy atom. The quantitative estimate of drug-likeness (QED) is 0.696. The third-order valence-corrected chi connectivity index (χ3v) is 6.81. The Morgan fingerprint density at radius 1 is 1.07 bits per heavy atom. The van der Waals surface area contributed by atoms with Crippen LogP contribution in [0.1, 0.15) is 48.0 Å². The number of aromatic nitrogens is 1. The molecule has 1 aliphatic carbocycles. The van der Waals surface area contributed by atoms with Gasteiger partial charge in [-0.1, -0.05) is 49.2 Å². The second-order valence-corrected chi connectivity index (χ2v) is 8.28. The van der Waals surface area contributed by atoms with Gasteiger partial charge >= 0.3 is 0 Å². The summed E-state index contributed by atoms with van der Waals surface area (Å²) in [5, 5.41) is 12.8. The first-order valence-electron chi connectivity index (χ1n) is 10.3. The lowest BCUT2D eigenvalue weighted by atomic mass is 9.66. The zero-order chi connectivity index (χ0) is 19.1. The van der Waals surface area contributed by atoms with Crippen LogP contribution < -0.4 is 0 Å². The van der Waals surface area contributed by atoms with E-state index in [1.54, 1.807) is 0 Å². The minimum atomic E-state index is -0.841. The number of aliphatic hydroxyl groups is 1. The summed E-state index contributed by atoms with van der Waals surface area (Å²) in [7, 11) is 0. The maximum Gasteiger partial charge on any atom is 0.254 e. The number of rotatable bonds is 2. The fourth-order valence-corrected chi connectivity index (χ4v) is 5.37. The number of H-pyrrole nitrogens is 1. The molecule has 2 fully saturated rings. The number of hydrogen-bond acceptors (Lipinski definition) is 2. The molecule has 2 heterocycles. The van der Waals surface area contributed by atoms with Crippen molar-refractivity contribution in [3.63, 3.8) is 0 Å². The van der Waals surface area contributed by atoms with Gasteiger partial charge in [0.25, 0.3) is 5.91 Å². The second-order valence-electron chi connectivity index (χ2n) is 8.28. The Labute approximate surface area is 165 Å². The van der Waals surface area contributed by atoms with Gasteiger partial charge in [0.2, 0.25) is 0 Å². The molecule has 1 aromatic heterocycles. The number of aromatic amines is 1. The maximum atomic E-state index is 13.4. The Morgan fingerprint density at radius 2 is 1.89 bits per heavy atom. The lowest BCUT2D eigenvalue weighted by molar-refractivity contribution is -0.110. The van der Waals surface area contributed by atoms with E-state index < -0.39 is 5.60 Å². The van der Waals surface area contributed by atoms with E-state index in [1.807, 2.05) is 65.7 Å². The van der Waals surface area contributed by atoms with Crippen LogP contribution in [0.2, 0.25) is 0 Å². The van der Waals surface area contributed by atoms with E-state index in [9.17, 15) is 9.90 Å². The average Bonchev–Trinajstić information content (AvgIpc) is 3.22. The molecular weight excluding hydrogens is 348 g/mol. The van der Waals surface area contributed by atoms with Crippen LogP contribution in [0, 0.1) is 5.92 Å². The van der Waals surface area contributed by atoms with Gasteiger partial charge < -0.3 is 15.0 Å². The Hall–Kier alpha value is -2.59. The number of benzene rings is 2. The third kappa shape index (κ3) is 2.75. The molecule has 3 atom stereocenters. The lowest BCUT2D eigenvalue weighted by Crippen LogP contribution is -2.58. The van der Waals surface area contributed by atoms with Gasteiger partial charge in [0, 0.05) is 35.8 Å². The highest BCUT2D eigenvalue weighted by Crippen LogP contribution is 2.47. The molecule has 4 nitrogen and oxygen atoms in total. The number of piperidine rings is 1. The highest BCUT2D eigenvalue weighted by atomic mass is 16.3. The molecule has 2 aromatic carbocycles. The van der Waals surface area contributed by atoms with Gasteiger partial charge in [-0.25, -0.2) is 0 Å². The normalized spacial score (nSPS) is 27.5. The number of fused-ring (bicyclic) bond motifs is 2. The molecule has 2 N–H and O–H groups in total. The summed E-state index contributed by atoms with van der Waals surface area (Å²) in [6.45, 7) is 0.591. The van der Waals surface area contributed by atoms with Gasteiger partial charge in [0.1, 0.15) is 0 Å². The highest BCUT2D eigenvalue weighted by molar-refractivity contribution is 5.98. The Kier molecular flexibility index (Phi) is 4.24. The van der Waals surface area contributed by atoms with Crippen LogP contribution >= 0.6 is 0 Å². The summed E-state index contributed by atoms with van der Waals surface area (Å²) in [6.07, 6.45) is 6.66. The van der Waals surface area contributed by atoms with Crippen molar-refractivity contribution < 1.29 is 9.90 Å². The molecule has 3 aromatic rings. The molecule has 144 valence electrons. The van der Waals surface area contributed by atoms with Crippen LogP contribution in [0.4, 0.5) is 0 Å². The van der Waals surface area contributed by atoms with Gasteiger partial charge in [-0.3, -0.25) is 4.79 Å². The number of nitrogens with zero attached hydrogens (tertiary/aromatic N) is 1. The molecule has 1 saturated carbocycles. The molecule has 2 aliphatic rings. The van der Waals surface area contributed by atoms with Crippen molar-refractivity contribution in [2.75, 3.05) is 6.54 Å². The first kappa shape index (κ1) is 17.5. The topological polar surface area (TPSA) is 56.3 Å². The van der Waals surface area contributed by atoms with Crippen molar-refractivity contribution in [3.05, 3.63) is 71.9 Å². The summed E-state index contributed by atoms with van der Waals surface area (Å²) < 4.78 is 0. The minimum Gasteiger partial charge on any atom is -0.385 e. The zero-order valence-electron chi connectivity index (χ0n) is 16.0. The molecule has 0 spiro atoms. The van der Waals surface area contributed by atoms with E-state index in [-0.39, 0.29) is 17.9 Å². The van der Waals surface area contributed by atoms with E-state index in [1.165, 1.54) is 0 Å². The first-order valence-corrected chi connectivity index (χ1v) is 10.3. The van der Waals surface area contributed by atoms with Crippen molar-refractivity contribution in [1.82, 2.24) is 9.88 Å². The van der Waals surface area contributed by atoms with Crippen LogP contribution in [-0.4, -0.2) is 33.5 Å². The summed E-state index contributed by atoms with van der Waals surface area (Å²) in [4.78, 5) is 18.6. The highest BCUT2D eigenvalue weighted by Gasteiger charge is 2.50. The predicted octanol–water partition coefficient (Wildman–Crippen LogP) is 4.46. The van der Waals surface area contributed by atoms with E-state index in [4.69, 9.17) is 0 Å².